The van der Waals surface area contributed by atoms with Crippen LogP contribution in [0.15, 0.2) is 103 Å². The molecule has 0 bridgehead atoms. The number of pyridine rings is 1. The van der Waals surface area contributed by atoms with Crippen LogP contribution in [0.5, 0.6) is 11.5 Å². The Morgan fingerprint density at radius 3 is 2.49 bits per heavy atom. The molecule has 6 rings (SSSR count). The lowest BCUT2D eigenvalue weighted by Crippen LogP contribution is -2.46. The zero-order valence-electron chi connectivity index (χ0n) is 22.8. The third-order valence-corrected chi connectivity index (χ3v) is 7.73. The molecule has 4 aromatic carbocycles. The molecule has 1 fully saturated rings. The molecule has 6 nitrogen and oxygen atoms in total. The van der Waals surface area contributed by atoms with Gasteiger partial charge < -0.3 is 14.4 Å². The average Bonchev–Trinajstić information content (AvgIpc) is 3.02. The lowest BCUT2D eigenvalue weighted by molar-refractivity contribution is 0.0598. The molecule has 2 heterocycles. The highest BCUT2D eigenvalue weighted by Crippen LogP contribution is 2.33. The summed E-state index contributed by atoms with van der Waals surface area (Å²) in [6.07, 6.45) is 1.76. The number of aromatic nitrogens is 1. The minimum atomic E-state index is -0.432. The zero-order valence-corrected chi connectivity index (χ0v) is 23.6. The van der Waals surface area contributed by atoms with Crippen molar-refractivity contribution in [3.05, 3.63) is 119 Å². The predicted octanol–water partition coefficient (Wildman–Crippen LogP) is 7.46. The highest BCUT2D eigenvalue weighted by molar-refractivity contribution is 6.30. The molecule has 0 spiro atoms. The van der Waals surface area contributed by atoms with Gasteiger partial charge in [-0.3, -0.25) is 9.88 Å². The summed E-state index contributed by atoms with van der Waals surface area (Å²) < 4.78 is 11.3. The standard InChI is InChI=1S/C34H30ClN3O3/c1-40-34(39)31-14-12-28(22-33(31)41-29-13-15-32-25(21-29)6-4-16-36-32)38-19-17-37(18-20-38)23-26-5-2-3-7-30(26)24-8-10-27(35)11-9-24/h2-16,21-22H,17-20,23H2,1H3. The van der Waals surface area contributed by atoms with Gasteiger partial charge in [-0.2, -0.15) is 0 Å². The van der Waals surface area contributed by atoms with E-state index in [2.05, 4.69) is 51.2 Å². The van der Waals surface area contributed by atoms with E-state index in [-0.39, 0.29) is 0 Å². The van der Waals surface area contributed by atoms with Crippen molar-refractivity contribution >= 4 is 34.2 Å². The smallest absolute Gasteiger partial charge is 0.341 e. The van der Waals surface area contributed by atoms with Crippen LogP contribution >= 0.6 is 11.6 Å². The second kappa shape index (κ2) is 12.0. The Bertz CT molecular complexity index is 1680. The van der Waals surface area contributed by atoms with Crippen LogP contribution in [0.4, 0.5) is 5.69 Å². The number of anilines is 1. The number of methoxy groups -OCH3 is 1. The van der Waals surface area contributed by atoms with Gasteiger partial charge in [-0.05, 0) is 65.2 Å². The number of carbonyl (C=O) groups excluding carboxylic acids is 1. The van der Waals surface area contributed by atoms with Crippen LogP contribution in [-0.2, 0) is 11.3 Å². The van der Waals surface area contributed by atoms with Crippen LogP contribution in [0.1, 0.15) is 15.9 Å². The van der Waals surface area contributed by atoms with Gasteiger partial charge in [-0.15, -0.1) is 0 Å². The van der Waals surface area contributed by atoms with Gasteiger partial charge >= 0.3 is 5.97 Å². The van der Waals surface area contributed by atoms with Crippen molar-refractivity contribution in [2.45, 2.75) is 6.54 Å². The molecule has 1 aromatic heterocycles. The van der Waals surface area contributed by atoms with Gasteiger partial charge in [0.15, 0.2) is 0 Å². The number of halogens is 1. The lowest BCUT2D eigenvalue weighted by Gasteiger charge is -2.36. The normalized spacial score (nSPS) is 13.8. The van der Waals surface area contributed by atoms with E-state index in [1.165, 1.54) is 23.8 Å². The molecule has 1 saturated heterocycles. The summed E-state index contributed by atoms with van der Waals surface area (Å²) in [5.74, 6) is 0.673. The number of piperazine rings is 1. The molecule has 0 amide bonds. The fourth-order valence-electron chi connectivity index (χ4n) is 5.29. The highest BCUT2D eigenvalue weighted by atomic mass is 35.5. The van der Waals surface area contributed by atoms with Crippen LogP contribution in [-0.4, -0.2) is 49.1 Å². The first-order valence-corrected chi connectivity index (χ1v) is 14.0. The van der Waals surface area contributed by atoms with E-state index >= 15 is 0 Å². The summed E-state index contributed by atoms with van der Waals surface area (Å²) in [6, 6.07) is 31.9. The van der Waals surface area contributed by atoms with Crippen LogP contribution < -0.4 is 9.64 Å². The first-order chi connectivity index (χ1) is 20.1. The van der Waals surface area contributed by atoms with E-state index < -0.39 is 5.97 Å². The summed E-state index contributed by atoms with van der Waals surface area (Å²) in [5.41, 5.74) is 5.99. The molecule has 206 valence electrons. The molecule has 1 aliphatic heterocycles. The Hall–Kier alpha value is -4.39. The predicted molar refractivity (Wildman–Crippen MR) is 164 cm³/mol. The maximum atomic E-state index is 12.5. The zero-order chi connectivity index (χ0) is 28.2. The number of carbonyl (C=O) groups is 1. The number of benzene rings is 4. The lowest BCUT2D eigenvalue weighted by atomic mass is 9.99. The molecule has 0 N–H and O–H groups in total. The molecule has 7 heteroatoms. The molecule has 0 aliphatic carbocycles. The number of hydrogen-bond donors (Lipinski definition) is 0. The summed E-state index contributed by atoms with van der Waals surface area (Å²) in [5, 5.41) is 1.71. The van der Waals surface area contributed by atoms with Crippen LogP contribution in [0.2, 0.25) is 5.02 Å². The maximum absolute atomic E-state index is 12.5. The summed E-state index contributed by atoms with van der Waals surface area (Å²) in [6.45, 7) is 4.44. The largest absolute Gasteiger partial charge is 0.465 e. The van der Waals surface area contributed by atoms with Gasteiger partial charge in [0.1, 0.15) is 17.1 Å². The van der Waals surface area contributed by atoms with E-state index in [9.17, 15) is 4.79 Å². The molecule has 0 atom stereocenters. The SMILES string of the molecule is COC(=O)c1ccc(N2CCN(Cc3ccccc3-c3ccc(Cl)cc3)CC2)cc1Oc1ccc2ncccc2c1. The van der Waals surface area contributed by atoms with Gasteiger partial charge in [-0.25, -0.2) is 4.79 Å². The van der Waals surface area contributed by atoms with Crippen molar-refractivity contribution in [1.29, 1.82) is 0 Å². The fraction of sp³-hybridized carbons (Fsp3) is 0.176. The van der Waals surface area contributed by atoms with E-state index in [1.54, 1.807) is 12.3 Å². The van der Waals surface area contributed by atoms with E-state index in [0.29, 0.717) is 17.1 Å². The van der Waals surface area contributed by atoms with Crippen molar-refractivity contribution in [2.24, 2.45) is 0 Å². The minimum Gasteiger partial charge on any atom is -0.465 e. The number of esters is 1. The Morgan fingerprint density at radius 1 is 0.878 bits per heavy atom. The number of rotatable bonds is 7. The Balaban J connectivity index is 1.17. The number of fused-ring (bicyclic) bond motifs is 1. The average molecular weight is 564 g/mol. The van der Waals surface area contributed by atoms with Gasteiger partial charge in [0.25, 0.3) is 0 Å². The first-order valence-electron chi connectivity index (χ1n) is 13.6. The van der Waals surface area contributed by atoms with E-state index in [1.807, 2.05) is 54.6 Å². The highest BCUT2D eigenvalue weighted by Gasteiger charge is 2.21. The third kappa shape index (κ3) is 6.04. The number of nitrogens with zero attached hydrogens (tertiary/aromatic N) is 3. The van der Waals surface area contributed by atoms with Gasteiger partial charge in [0.05, 0.1) is 12.6 Å². The van der Waals surface area contributed by atoms with Gasteiger partial charge in [0.2, 0.25) is 0 Å². The molecule has 1 aliphatic rings. The van der Waals surface area contributed by atoms with E-state index in [4.69, 9.17) is 21.1 Å². The summed E-state index contributed by atoms with van der Waals surface area (Å²) in [7, 11) is 1.38. The van der Waals surface area contributed by atoms with Crippen molar-refractivity contribution in [3.63, 3.8) is 0 Å². The third-order valence-electron chi connectivity index (χ3n) is 7.48. The van der Waals surface area contributed by atoms with Crippen molar-refractivity contribution in [2.75, 3.05) is 38.2 Å². The Labute approximate surface area is 244 Å². The molecule has 5 aromatic rings. The second-order valence-corrected chi connectivity index (χ2v) is 10.5. The summed E-state index contributed by atoms with van der Waals surface area (Å²) in [4.78, 5) is 21.7. The quantitative estimate of drug-likeness (QED) is 0.192. The second-order valence-electron chi connectivity index (χ2n) is 10.1. The van der Waals surface area contributed by atoms with Crippen molar-refractivity contribution < 1.29 is 14.3 Å². The maximum Gasteiger partial charge on any atom is 0.341 e. The minimum absolute atomic E-state index is 0.389. The van der Waals surface area contributed by atoms with Gasteiger partial charge in [0, 0.05) is 61.1 Å². The molecular weight excluding hydrogens is 534 g/mol. The number of ether oxygens (including phenoxy) is 2. The van der Waals surface area contributed by atoms with Crippen molar-refractivity contribution in [3.8, 4) is 22.6 Å². The van der Waals surface area contributed by atoms with Crippen LogP contribution in [0, 0.1) is 0 Å². The Kier molecular flexibility index (Phi) is 7.85. The van der Waals surface area contributed by atoms with Gasteiger partial charge in [-0.1, -0.05) is 54.1 Å². The van der Waals surface area contributed by atoms with Crippen molar-refractivity contribution in [1.82, 2.24) is 9.88 Å². The Morgan fingerprint density at radius 2 is 1.68 bits per heavy atom. The molecule has 0 radical (unpaired) electrons. The monoisotopic (exact) mass is 563 g/mol. The fourth-order valence-corrected chi connectivity index (χ4v) is 5.42. The number of hydrogen-bond acceptors (Lipinski definition) is 6. The van der Waals surface area contributed by atoms with Crippen LogP contribution in [0.25, 0.3) is 22.0 Å². The molecule has 41 heavy (non-hydrogen) atoms. The summed E-state index contributed by atoms with van der Waals surface area (Å²) >= 11 is 6.12. The van der Waals surface area contributed by atoms with Crippen LogP contribution in [0.3, 0.4) is 0 Å². The topological polar surface area (TPSA) is 54.9 Å². The first kappa shape index (κ1) is 26.8. The molecular formula is C34H30ClN3O3. The van der Waals surface area contributed by atoms with E-state index in [0.717, 1.165) is 54.3 Å². The molecule has 0 unspecified atom stereocenters. The molecule has 0 saturated carbocycles.